The average Bonchev–Trinajstić information content (AvgIpc) is 2.31. The van der Waals surface area contributed by atoms with Gasteiger partial charge in [-0.3, -0.25) is 0 Å². The second-order valence-electron chi connectivity index (χ2n) is 4.19. The molecular formula is C10H17N. The number of hydrogen-bond donors (Lipinski definition) is 0. The van der Waals surface area contributed by atoms with E-state index >= 15 is 0 Å². The minimum atomic E-state index is 0.865. The Morgan fingerprint density at radius 3 is 2.91 bits per heavy atom. The van der Waals surface area contributed by atoms with E-state index in [0.29, 0.717) is 0 Å². The van der Waals surface area contributed by atoms with Gasteiger partial charge in [-0.1, -0.05) is 19.1 Å². The lowest BCUT2D eigenvalue weighted by Gasteiger charge is -2.25. The van der Waals surface area contributed by atoms with E-state index < -0.39 is 0 Å². The van der Waals surface area contributed by atoms with E-state index in [4.69, 9.17) is 0 Å². The molecule has 2 aliphatic rings. The van der Waals surface area contributed by atoms with Gasteiger partial charge >= 0.3 is 0 Å². The highest BCUT2D eigenvalue weighted by Gasteiger charge is 2.34. The Labute approximate surface area is 69.1 Å². The summed E-state index contributed by atoms with van der Waals surface area (Å²) in [7, 11) is 2.24. The van der Waals surface area contributed by atoms with Crippen molar-refractivity contribution in [3.8, 4) is 0 Å². The molecule has 11 heavy (non-hydrogen) atoms. The molecule has 0 aromatic rings. The zero-order valence-corrected chi connectivity index (χ0v) is 7.46. The first-order chi connectivity index (χ1) is 5.27. The maximum atomic E-state index is 2.46. The van der Waals surface area contributed by atoms with Gasteiger partial charge in [0, 0.05) is 13.1 Å². The van der Waals surface area contributed by atoms with E-state index in [1.807, 2.05) is 0 Å². The van der Waals surface area contributed by atoms with Gasteiger partial charge in [-0.15, -0.1) is 0 Å². The van der Waals surface area contributed by atoms with E-state index in [-0.39, 0.29) is 0 Å². The van der Waals surface area contributed by atoms with Crippen LogP contribution in [0.3, 0.4) is 0 Å². The Morgan fingerprint density at radius 2 is 2.18 bits per heavy atom. The molecule has 2 rings (SSSR count). The number of nitrogens with zero attached hydrogens (tertiary/aromatic N) is 1. The number of fused-ring (bicyclic) bond motifs is 1. The summed E-state index contributed by atoms with van der Waals surface area (Å²) in [5, 5.41) is 0. The quantitative estimate of drug-likeness (QED) is 0.477. The van der Waals surface area contributed by atoms with Gasteiger partial charge in [-0.25, -0.2) is 0 Å². The van der Waals surface area contributed by atoms with Crippen LogP contribution in [0.2, 0.25) is 0 Å². The Bertz CT molecular complexity index is 174. The van der Waals surface area contributed by atoms with Crippen molar-refractivity contribution < 1.29 is 0 Å². The highest BCUT2D eigenvalue weighted by molar-refractivity contribution is 5.04. The lowest BCUT2D eigenvalue weighted by atomic mass is 9.79. The van der Waals surface area contributed by atoms with Crippen LogP contribution >= 0.6 is 0 Å². The Hall–Kier alpha value is -0.300. The molecule has 3 unspecified atom stereocenters. The predicted octanol–water partition coefficient (Wildman–Crippen LogP) is 1.76. The van der Waals surface area contributed by atoms with Gasteiger partial charge in [0.25, 0.3) is 0 Å². The van der Waals surface area contributed by atoms with Crippen molar-refractivity contribution in [2.45, 2.75) is 13.3 Å². The molecule has 1 fully saturated rings. The largest absolute Gasteiger partial charge is 0.305 e. The summed E-state index contributed by atoms with van der Waals surface area (Å²) in [6, 6.07) is 0. The third kappa shape index (κ3) is 1.22. The zero-order chi connectivity index (χ0) is 7.84. The van der Waals surface area contributed by atoms with Gasteiger partial charge in [-0.05, 0) is 31.2 Å². The van der Waals surface area contributed by atoms with Gasteiger partial charge < -0.3 is 4.90 Å². The van der Waals surface area contributed by atoms with Crippen molar-refractivity contribution in [2.75, 3.05) is 20.1 Å². The molecule has 0 spiro atoms. The van der Waals surface area contributed by atoms with Crippen LogP contribution in [0.15, 0.2) is 12.2 Å². The van der Waals surface area contributed by atoms with Crippen LogP contribution in [0, 0.1) is 17.8 Å². The molecule has 0 bridgehead atoms. The number of rotatable bonds is 0. The molecule has 1 saturated heterocycles. The predicted molar refractivity (Wildman–Crippen MR) is 47.4 cm³/mol. The number of allylic oxidation sites excluding steroid dienone is 1. The third-order valence-electron chi connectivity index (χ3n) is 3.22. The number of hydrogen-bond acceptors (Lipinski definition) is 1. The molecule has 1 aliphatic heterocycles. The SMILES string of the molecule is CC1CC=CC2CN(C)CC12. The van der Waals surface area contributed by atoms with E-state index in [1.165, 1.54) is 19.5 Å². The first-order valence-corrected chi connectivity index (χ1v) is 4.62. The first kappa shape index (κ1) is 7.35. The molecule has 62 valence electrons. The maximum Gasteiger partial charge on any atom is 0.00447 e. The summed E-state index contributed by atoms with van der Waals surface area (Å²) in [6.07, 6.45) is 6.09. The van der Waals surface area contributed by atoms with Crippen molar-refractivity contribution >= 4 is 0 Å². The van der Waals surface area contributed by atoms with E-state index in [1.54, 1.807) is 0 Å². The molecular weight excluding hydrogens is 134 g/mol. The van der Waals surface area contributed by atoms with Gasteiger partial charge in [0.05, 0.1) is 0 Å². The second kappa shape index (κ2) is 2.63. The minimum absolute atomic E-state index is 0.865. The van der Waals surface area contributed by atoms with Gasteiger partial charge in [0.2, 0.25) is 0 Å². The van der Waals surface area contributed by atoms with Gasteiger partial charge in [0.1, 0.15) is 0 Å². The molecule has 0 N–H and O–H groups in total. The van der Waals surface area contributed by atoms with E-state index in [0.717, 1.165) is 17.8 Å². The minimum Gasteiger partial charge on any atom is -0.305 e. The molecule has 0 saturated carbocycles. The zero-order valence-electron chi connectivity index (χ0n) is 7.46. The van der Waals surface area contributed by atoms with Crippen molar-refractivity contribution in [2.24, 2.45) is 17.8 Å². The summed E-state index contributed by atoms with van der Waals surface area (Å²) in [4.78, 5) is 2.46. The van der Waals surface area contributed by atoms with Crippen LogP contribution in [0.25, 0.3) is 0 Å². The van der Waals surface area contributed by atoms with Gasteiger partial charge in [-0.2, -0.15) is 0 Å². The first-order valence-electron chi connectivity index (χ1n) is 4.62. The molecule has 0 amide bonds. The Morgan fingerprint density at radius 1 is 1.36 bits per heavy atom. The fraction of sp³-hybridized carbons (Fsp3) is 0.800. The third-order valence-corrected chi connectivity index (χ3v) is 3.22. The summed E-state index contributed by atoms with van der Waals surface area (Å²) in [5.74, 6) is 2.73. The van der Waals surface area contributed by atoms with Crippen LogP contribution in [0.5, 0.6) is 0 Å². The fourth-order valence-corrected chi connectivity index (χ4v) is 2.51. The number of likely N-dealkylation sites (tertiary alicyclic amines) is 1. The fourth-order valence-electron chi connectivity index (χ4n) is 2.51. The average molecular weight is 151 g/mol. The van der Waals surface area contributed by atoms with Crippen LogP contribution in [-0.4, -0.2) is 25.0 Å². The molecule has 1 heterocycles. The van der Waals surface area contributed by atoms with Crippen molar-refractivity contribution in [3.63, 3.8) is 0 Å². The second-order valence-corrected chi connectivity index (χ2v) is 4.19. The molecule has 0 radical (unpaired) electrons. The molecule has 3 atom stereocenters. The summed E-state index contributed by atoms with van der Waals surface area (Å²) in [5.41, 5.74) is 0. The highest BCUT2D eigenvalue weighted by atomic mass is 15.1. The monoisotopic (exact) mass is 151 g/mol. The Balaban J connectivity index is 2.13. The highest BCUT2D eigenvalue weighted by Crippen LogP contribution is 2.35. The van der Waals surface area contributed by atoms with Gasteiger partial charge in [0.15, 0.2) is 0 Å². The molecule has 1 heteroatoms. The van der Waals surface area contributed by atoms with Crippen LogP contribution in [0.1, 0.15) is 13.3 Å². The summed E-state index contributed by atoms with van der Waals surface area (Å²) >= 11 is 0. The van der Waals surface area contributed by atoms with Crippen molar-refractivity contribution in [1.82, 2.24) is 4.90 Å². The maximum absolute atomic E-state index is 2.46. The standard InChI is InChI=1S/C10H17N/c1-8-4-3-5-9-6-11(2)7-10(8)9/h3,5,8-10H,4,6-7H2,1-2H3. The van der Waals surface area contributed by atoms with E-state index in [2.05, 4.69) is 31.0 Å². The lowest BCUT2D eigenvalue weighted by Crippen LogP contribution is -2.21. The van der Waals surface area contributed by atoms with E-state index in [9.17, 15) is 0 Å². The smallest absolute Gasteiger partial charge is 0.00447 e. The normalized spacial score (nSPS) is 44.4. The molecule has 0 aromatic carbocycles. The molecule has 1 nitrogen and oxygen atoms in total. The molecule has 1 aliphatic carbocycles. The summed E-state index contributed by atoms with van der Waals surface area (Å²) in [6.45, 7) is 4.99. The van der Waals surface area contributed by atoms with Crippen molar-refractivity contribution in [1.29, 1.82) is 0 Å². The van der Waals surface area contributed by atoms with Crippen LogP contribution in [-0.2, 0) is 0 Å². The Kier molecular flexibility index (Phi) is 1.76. The van der Waals surface area contributed by atoms with Crippen molar-refractivity contribution in [3.05, 3.63) is 12.2 Å². The summed E-state index contributed by atoms with van der Waals surface area (Å²) < 4.78 is 0. The van der Waals surface area contributed by atoms with Crippen LogP contribution < -0.4 is 0 Å². The lowest BCUT2D eigenvalue weighted by molar-refractivity contribution is 0.310. The van der Waals surface area contributed by atoms with Crippen LogP contribution in [0.4, 0.5) is 0 Å². The molecule has 0 aromatic heterocycles. The topological polar surface area (TPSA) is 3.24 Å².